The van der Waals surface area contributed by atoms with Gasteiger partial charge in [-0.25, -0.2) is 0 Å². The summed E-state index contributed by atoms with van der Waals surface area (Å²) in [7, 11) is 0. The Morgan fingerprint density at radius 2 is 2.12 bits per heavy atom. The van der Waals surface area contributed by atoms with Gasteiger partial charge in [0, 0.05) is 31.1 Å². The molecule has 2 aliphatic rings. The normalized spacial score (nSPS) is 21.5. The molecule has 0 spiro atoms. The van der Waals surface area contributed by atoms with Gasteiger partial charge in [-0.3, -0.25) is 14.5 Å². The van der Waals surface area contributed by atoms with Crippen molar-refractivity contribution >= 4 is 28.7 Å². The first-order valence-electron chi connectivity index (χ1n) is 9.50. The van der Waals surface area contributed by atoms with Gasteiger partial charge in [-0.05, 0) is 50.5 Å². The number of imide groups is 1. The van der Waals surface area contributed by atoms with E-state index in [1.165, 1.54) is 22.7 Å². The van der Waals surface area contributed by atoms with Crippen LogP contribution >= 0.6 is 11.3 Å². The third-order valence-corrected chi connectivity index (χ3v) is 5.75. The van der Waals surface area contributed by atoms with Crippen LogP contribution in [0.4, 0.5) is 0 Å². The number of thiophene rings is 1. The second-order valence-electron chi connectivity index (χ2n) is 7.43. The molecule has 0 aliphatic carbocycles. The van der Waals surface area contributed by atoms with E-state index in [-0.39, 0.29) is 17.9 Å². The van der Waals surface area contributed by atoms with Crippen LogP contribution < -0.4 is 0 Å². The smallest absolute Gasteiger partial charge is 0.277 e. The number of nitrogens with zero attached hydrogens (tertiary/aromatic N) is 2. The van der Waals surface area contributed by atoms with Gasteiger partial charge in [-0.2, -0.15) is 0 Å². The second-order valence-corrected chi connectivity index (χ2v) is 8.38. The lowest BCUT2D eigenvalue weighted by molar-refractivity contribution is -0.137. The van der Waals surface area contributed by atoms with E-state index in [2.05, 4.69) is 11.8 Å². The summed E-state index contributed by atoms with van der Waals surface area (Å²) in [5.74, 6) is 0.240. The summed E-state index contributed by atoms with van der Waals surface area (Å²) >= 11 is 1.52. The highest BCUT2D eigenvalue weighted by atomic mass is 32.1. The summed E-state index contributed by atoms with van der Waals surface area (Å²) in [5, 5.41) is 1.95. The van der Waals surface area contributed by atoms with Crippen molar-refractivity contribution in [1.29, 1.82) is 0 Å². The van der Waals surface area contributed by atoms with E-state index in [0.29, 0.717) is 36.8 Å². The molecule has 142 valence electrons. The Bertz CT molecular complexity index is 681. The van der Waals surface area contributed by atoms with Crippen molar-refractivity contribution in [3.05, 3.63) is 28.1 Å². The van der Waals surface area contributed by atoms with Crippen LogP contribution in [-0.4, -0.2) is 54.0 Å². The first kappa shape index (κ1) is 19.1. The van der Waals surface area contributed by atoms with Crippen LogP contribution in [0.25, 0.3) is 5.57 Å². The molecule has 0 saturated carbocycles. The lowest BCUT2D eigenvalue weighted by atomic mass is 9.99. The fourth-order valence-corrected chi connectivity index (χ4v) is 4.40. The number of ether oxygens (including phenoxy) is 1. The number of hydrogen-bond donors (Lipinski definition) is 0. The number of carbonyl (C=O) groups excluding carboxylic acids is 2. The van der Waals surface area contributed by atoms with Crippen LogP contribution in [0.2, 0.25) is 0 Å². The van der Waals surface area contributed by atoms with Gasteiger partial charge in [-0.1, -0.05) is 13.0 Å². The van der Waals surface area contributed by atoms with Gasteiger partial charge in [-0.15, -0.1) is 11.3 Å². The molecule has 0 radical (unpaired) electrons. The molecule has 1 aromatic heterocycles. The highest BCUT2D eigenvalue weighted by Gasteiger charge is 2.42. The van der Waals surface area contributed by atoms with Crippen molar-refractivity contribution in [2.24, 2.45) is 5.92 Å². The number of carbonyl (C=O) groups is 2. The van der Waals surface area contributed by atoms with E-state index in [0.717, 1.165) is 24.4 Å². The molecule has 1 aromatic rings. The van der Waals surface area contributed by atoms with Crippen LogP contribution in [-0.2, 0) is 14.3 Å². The van der Waals surface area contributed by atoms with E-state index in [1.54, 1.807) is 0 Å². The first-order chi connectivity index (χ1) is 12.5. The Hall–Kier alpha value is -1.66. The highest BCUT2D eigenvalue weighted by Crippen LogP contribution is 2.35. The quantitative estimate of drug-likeness (QED) is 0.541. The van der Waals surface area contributed by atoms with E-state index in [1.807, 2.05) is 31.4 Å². The standard InChI is InChI=1S/C20H28N2O3S/c1-14(2)25-11-6-10-22-19(23)17(16-8-5-12-26-16)18(20(22)24)21-9-4-7-15(3)13-21/h5,8,12,14-15H,4,6-7,9-11,13H2,1-3H3. The van der Waals surface area contributed by atoms with E-state index >= 15 is 0 Å². The summed E-state index contributed by atoms with van der Waals surface area (Å²) in [4.78, 5) is 30.6. The molecule has 26 heavy (non-hydrogen) atoms. The molecule has 5 nitrogen and oxygen atoms in total. The fraction of sp³-hybridized carbons (Fsp3) is 0.600. The van der Waals surface area contributed by atoms with Gasteiger partial charge in [0.25, 0.3) is 11.8 Å². The van der Waals surface area contributed by atoms with E-state index < -0.39 is 0 Å². The minimum atomic E-state index is -0.157. The zero-order valence-corrected chi connectivity index (χ0v) is 16.7. The summed E-state index contributed by atoms with van der Waals surface area (Å²) < 4.78 is 5.56. The average molecular weight is 377 g/mol. The monoisotopic (exact) mass is 376 g/mol. The molecule has 0 bridgehead atoms. The van der Waals surface area contributed by atoms with Gasteiger partial charge < -0.3 is 9.64 Å². The Kier molecular flexibility index (Phi) is 6.14. The fourth-order valence-electron chi connectivity index (χ4n) is 3.64. The molecule has 3 rings (SSSR count). The molecule has 1 unspecified atom stereocenters. The van der Waals surface area contributed by atoms with Crippen LogP contribution in [0, 0.1) is 5.92 Å². The third-order valence-electron chi connectivity index (χ3n) is 4.86. The van der Waals surface area contributed by atoms with E-state index in [9.17, 15) is 9.59 Å². The molecule has 1 fully saturated rings. The second kappa shape index (κ2) is 8.35. The first-order valence-corrected chi connectivity index (χ1v) is 10.4. The topological polar surface area (TPSA) is 49.9 Å². The highest BCUT2D eigenvalue weighted by molar-refractivity contribution is 7.11. The Morgan fingerprint density at radius 1 is 1.31 bits per heavy atom. The maximum atomic E-state index is 13.1. The summed E-state index contributed by atoms with van der Waals surface area (Å²) in [6.45, 7) is 8.83. The number of rotatable bonds is 7. The van der Waals surface area contributed by atoms with Gasteiger partial charge in [0.05, 0.1) is 11.7 Å². The van der Waals surface area contributed by atoms with Crippen molar-refractivity contribution in [1.82, 2.24) is 9.80 Å². The Balaban J connectivity index is 1.82. The van der Waals surface area contributed by atoms with Gasteiger partial charge >= 0.3 is 0 Å². The number of hydrogen-bond acceptors (Lipinski definition) is 5. The maximum Gasteiger partial charge on any atom is 0.277 e. The van der Waals surface area contributed by atoms with Gasteiger partial charge in [0.1, 0.15) is 5.70 Å². The third kappa shape index (κ3) is 4.01. The predicted octanol–water partition coefficient (Wildman–Crippen LogP) is 3.38. The predicted molar refractivity (Wildman–Crippen MR) is 104 cm³/mol. The summed E-state index contributed by atoms with van der Waals surface area (Å²) in [6, 6.07) is 3.87. The van der Waals surface area contributed by atoms with Crippen molar-refractivity contribution in [2.75, 3.05) is 26.2 Å². The molecule has 0 N–H and O–H groups in total. The minimum absolute atomic E-state index is 0.142. The molecule has 1 atom stereocenters. The lowest BCUT2D eigenvalue weighted by Gasteiger charge is -2.33. The molecule has 2 amide bonds. The van der Waals surface area contributed by atoms with Crippen molar-refractivity contribution in [3.8, 4) is 0 Å². The molecule has 2 aliphatic heterocycles. The molecular formula is C20H28N2O3S. The Labute approximate surface area is 159 Å². The average Bonchev–Trinajstić information content (AvgIpc) is 3.19. The molecule has 3 heterocycles. The number of piperidine rings is 1. The van der Waals surface area contributed by atoms with Gasteiger partial charge in [0.15, 0.2) is 0 Å². The summed E-state index contributed by atoms with van der Waals surface area (Å²) in [5.41, 5.74) is 1.19. The van der Waals surface area contributed by atoms with Crippen molar-refractivity contribution < 1.29 is 14.3 Å². The van der Waals surface area contributed by atoms with Crippen molar-refractivity contribution in [3.63, 3.8) is 0 Å². The van der Waals surface area contributed by atoms with Crippen LogP contribution in [0.15, 0.2) is 23.2 Å². The zero-order valence-electron chi connectivity index (χ0n) is 15.9. The molecule has 1 saturated heterocycles. The molecule has 0 aromatic carbocycles. The number of likely N-dealkylation sites (tertiary alicyclic amines) is 1. The van der Waals surface area contributed by atoms with E-state index in [4.69, 9.17) is 4.74 Å². The largest absolute Gasteiger partial charge is 0.379 e. The minimum Gasteiger partial charge on any atom is -0.379 e. The molecular weight excluding hydrogens is 348 g/mol. The van der Waals surface area contributed by atoms with Crippen LogP contribution in [0.5, 0.6) is 0 Å². The molecule has 6 heteroatoms. The Morgan fingerprint density at radius 3 is 2.77 bits per heavy atom. The summed E-state index contributed by atoms with van der Waals surface area (Å²) in [6.07, 6.45) is 3.06. The van der Waals surface area contributed by atoms with Crippen LogP contribution in [0.3, 0.4) is 0 Å². The van der Waals surface area contributed by atoms with Crippen molar-refractivity contribution in [2.45, 2.75) is 46.1 Å². The lowest BCUT2D eigenvalue weighted by Crippen LogP contribution is -2.39. The zero-order chi connectivity index (χ0) is 18.7. The van der Waals surface area contributed by atoms with Crippen LogP contribution in [0.1, 0.15) is 44.9 Å². The maximum absolute atomic E-state index is 13.1. The van der Waals surface area contributed by atoms with Gasteiger partial charge in [0.2, 0.25) is 0 Å². The SMILES string of the molecule is CC1CCCN(C2=C(c3cccs3)C(=O)N(CCCOC(C)C)C2=O)C1. The number of amides is 2.